The van der Waals surface area contributed by atoms with E-state index in [1.165, 1.54) is 19.5 Å². The molecule has 13 heavy (non-hydrogen) atoms. The van der Waals surface area contributed by atoms with Crippen LogP contribution in [0.15, 0.2) is 0 Å². The Morgan fingerprint density at radius 2 is 1.38 bits per heavy atom. The van der Waals surface area contributed by atoms with Crippen molar-refractivity contribution in [2.24, 2.45) is 0 Å². The molecule has 0 rings (SSSR count). The molecule has 6 heteroatoms. The Labute approximate surface area is 78.9 Å². The zero-order chi connectivity index (χ0) is 11.1. The van der Waals surface area contributed by atoms with Gasteiger partial charge >= 0.3 is 8.68 Å². The molecule has 0 aliphatic heterocycles. The molecule has 0 heterocycles. The van der Waals surface area contributed by atoms with Crippen LogP contribution in [-0.4, -0.2) is 38.9 Å². The molecule has 0 atom stereocenters. The first-order chi connectivity index (χ1) is 5.62. The molecule has 82 valence electrons. The Morgan fingerprint density at radius 3 is 1.46 bits per heavy atom. The third kappa shape index (κ3) is 24.5. The molecule has 0 unspecified atom stereocenters. The largest absolute Gasteiger partial charge is 1.00 e. The van der Waals surface area contributed by atoms with Crippen LogP contribution >= 0.6 is 0 Å². The summed E-state index contributed by atoms with van der Waals surface area (Å²) in [5.74, 6) is 0. The van der Waals surface area contributed by atoms with Crippen molar-refractivity contribution in [2.75, 3.05) is 27.2 Å². The second kappa shape index (κ2) is 6.24. The summed E-state index contributed by atoms with van der Waals surface area (Å²) in [4.78, 5) is 0. The maximum absolute atomic E-state index is 9.75. The van der Waals surface area contributed by atoms with Gasteiger partial charge in [-0.1, -0.05) is 6.92 Å². The topological polar surface area (TPSA) is 0 Å². The summed E-state index contributed by atoms with van der Waals surface area (Å²) in [5.41, 5.74) is 0. The first kappa shape index (κ1) is 15.2. The van der Waals surface area contributed by atoms with Crippen molar-refractivity contribution in [2.45, 2.75) is 20.3 Å². The summed E-state index contributed by atoms with van der Waals surface area (Å²) >= 11 is 0. The summed E-state index contributed by atoms with van der Waals surface area (Å²) in [6.45, 7) is 7.01. The standard InChI is InChI=1S/C7H18N.BF4/c1-5-7-8(3,4)6-2;2-1(3,4)5/h5-7H2,1-4H3;/q+1;-1/p+1. The number of rotatable bonds is 3. The fourth-order valence-corrected chi connectivity index (χ4v) is 0.763. The molecule has 0 bridgehead atoms. The molecule has 0 aromatic rings. The Kier molecular flexibility index (Phi) is 7.31. The Bertz CT molecular complexity index is 123. The van der Waals surface area contributed by atoms with Crippen LogP contribution in [0, 0.1) is 0 Å². The molecule has 0 saturated heterocycles. The quantitative estimate of drug-likeness (QED) is 0.376. The van der Waals surface area contributed by atoms with Crippen LogP contribution in [0.5, 0.6) is 0 Å². The molecule has 0 fully saturated rings. The lowest BCUT2D eigenvalue weighted by Crippen LogP contribution is -2.39. The Balaban J connectivity index is -0.000000177. The molecule has 0 aliphatic rings. The molecule has 0 amide bonds. The van der Waals surface area contributed by atoms with Gasteiger partial charge in [0.2, 0.25) is 0 Å². The van der Waals surface area contributed by atoms with Crippen LogP contribution < -0.4 is 0 Å². The summed E-state index contributed by atoms with van der Waals surface area (Å²) < 4.78 is 40.2. The van der Waals surface area contributed by atoms with Crippen molar-refractivity contribution in [3.63, 3.8) is 0 Å². The van der Waals surface area contributed by atoms with Crippen LogP contribution in [-0.2, 0) is 0 Å². The van der Waals surface area contributed by atoms with Crippen molar-refractivity contribution in [1.82, 2.24) is 0 Å². The van der Waals surface area contributed by atoms with Gasteiger partial charge in [-0.05, 0) is 13.3 Å². The highest BCUT2D eigenvalue weighted by molar-refractivity contribution is 6.50. The highest BCUT2D eigenvalue weighted by Crippen LogP contribution is 2.06. The molecule has 1 nitrogen and oxygen atoms in total. The van der Waals surface area contributed by atoms with E-state index in [2.05, 4.69) is 27.9 Å². The van der Waals surface area contributed by atoms with Crippen LogP contribution in [0.4, 0.5) is 17.3 Å². The van der Waals surface area contributed by atoms with Gasteiger partial charge in [0.1, 0.15) is 0 Å². The summed E-state index contributed by atoms with van der Waals surface area (Å²) in [5, 5.41) is 0. The second-order valence-electron chi connectivity index (χ2n) is 3.47. The minimum atomic E-state index is -6.00. The third-order valence-corrected chi connectivity index (χ3v) is 1.68. The monoisotopic (exact) mass is 204 g/mol. The van der Waals surface area contributed by atoms with Crippen molar-refractivity contribution in [1.29, 1.82) is 0 Å². The van der Waals surface area contributed by atoms with E-state index in [-0.39, 0.29) is 1.43 Å². The highest BCUT2D eigenvalue weighted by Gasteiger charge is 2.20. The van der Waals surface area contributed by atoms with Gasteiger partial charge in [0, 0.05) is 0 Å². The zero-order valence-electron chi connectivity index (χ0n) is 9.66. The van der Waals surface area contributed by atoms with Crippen LogP contribution in [0.1, 0.15) is 21.7 Å². The average molecular weight is 204 g/mol. The van der Waals surface area contributed by atoms with E-state index < -0.39 is 7.25 Å². The van der Waals surface area contributed by atoms with E-state index in [0.717, 1.165) is 4.48 Å². The third-order valence-electron chi connectivity index (χ3n) is 1.68. The van der Waals surface area contributed by atoms with Gasteiger partial charge in [0.15, 0.2) is 0 Å². The van der Waals surface area contributed by atoms with E-state index in [1.807, 2.05) is 0 Å². The van der Waals surface area contributed by atoms with Gasteiger partial charge in [-0.25, -0.2) is 0 Å². The summed E-state index contributed by atoms with van der Waals surface area (Å²) in [6.07, 6.45) is 1.29. The second-order valence-corrected chi connectivity index (χ2v) is 3.47. The highest BCUT2D eigenvalue weighted by atomic mass is 19.5. The van der Waals surface area contributed by atoms with Gasteiger partial charge in [0.05, 0.1) is 27.2 Å². The predicted molar refractivity (Wildman–Crippen MR) is 49.1 cm³/mol. The van der Waals surface area contributed by atoms with Gasteiger partial charge in [0.25, 0.3) is 0 Å². The van der Waals surface area contributed by atoms with Gasteiger partial charge in [-0.15, -0.1) is 0 Å². The van der Waals surface area contributed by atoms with Crippen LogP contribution in [0.25, 0.3) is 0 Å². The number of hydrogen-bond donors (Lipinski definition) is 0. The van der Waals surface area contributed by atoms with Gasteiger partial charge in [-0.3, -0.25) is 0 Å². The Hall–Kier alpha value is -0.255. The summed E-state index contributed by atoms with van der Waals surface area (Å²) in [6, 6.07) is 0. The molecule has 0 saturated carbocycles. The molecule has 0 aromatic heterocycles. The lowest BCUT2D eigenvalue weighted by atomic mass is 10.3. The molecule has 0 spiro atoms. The minimum Gasteiger partial charge on any atom is -0.418 e. The maximum Gasteiger partial charge on any atom is 1.00 e. The van der Waals surface area contributed by atoms with Gasteiger partial charge in [-0.2, -0.15) is 0 Å². The maximum atomic E-state index is 9.75. The van der Waals surface area contributed by atoms with E-state index in [9.17, 15) is 17.3 Å². The first-order valence-electron chi connectivity index (χ1n) is 4.31. The van der Waals surface area contributed by atoms with Crippen molar-refractivity contribution >= 4 is 7.25 Å². The SMILES string of the molecule is CCC[N+](C)(C)CC.F[B-](F)(F)F.[H+]. The number of hydrogen-bond acceptors (Lipinski definition) is 0. The number of halogens is 4. The molecule has 0 radical (unpaired) electrons. The van der Waals surface area contributed by atoms with Crippen molar-refractivity contribution in [3.05, 3.63) is 0 Å². The first-order valence-corrected chi connectivity index (χ1v) is 4.31. The lowest BCUT2D eigenvalue weighted by Gasteiger charge is -2.27. The predicted octanol–water partition coefficient (Wildman–Crippen LogP) is 2.91. The summed E-state index contributed by atoms with van der Waals surface area (Å²) in [7, 11) is -1.47. The van der Waals surface area contributed by atoms with Gasteiger partial charge < -0.3 is 21.7 Å². The van der Waals surface area contributed by atoms with E-state index in [1.54, 1.807) is 0 Å². The number of quaternary nitrogens is 1. The van der Waals surface area contributed by atoms with Crippen molar-refractivity contribution < 1.29 is 23.2 Å². The fraction of sp³-hybridized carbons (Fsp3) is 1.00. The minimum absolute atomic E-state index is 0. The fourth-order valence-electron chi connectivity index (χ4n) is 0.763. The molecule has 0 N–H and O–H groups in total. The van der Waals surface area contributed by atoms with E-state index in [4.69, 9.17) is 0 Å². The van der Waals surface area contributed by atoms with Crippen LogP contribution in [0.2, 0.25) is 0 Å². The molecule has 0 aromatic carbocycles. The van der Waals surface area contributed by atoms with Crippen LogP contribution in [0.3, 0.4) is 0 Å². The molecular weight excluding hydrogens is 185 g/mol. The van der Waals surface area contributed by atoms with Crippen molar-refractivity contribution in [3.8, 4) is 0 Å². The van der Waals surface area contributed by atoms with E-state index >= 15 is 0 Å². The number of nitrogens with zero attached hydrogens (tertiary/aromatic N) is 1. The average Bonchev–Trinajstić information content (AvgIpc) is 1.84. The molecule has 0 aliphatic carbocycles. The normalized spacial score (nSPS) is 12.0. The van der Waals surface area contributed by atoms with E-state index in [0.29, 0.717) is 0 Å². The smallest absolute Gasteiger partial charge is 0.418 e. The Morgan fingerprint density at radius 1 is 1.08 bits per heavy atom. The lowest BCUT2D eigenvalue weighted by molar-refractivity contribution is -0.888. The zero-order valence-corrected chi connectivity index (χ0v) is 8.66. The molecular formula is C7H19BF4N+.